The summed E-state index contributed by atoms with van der Waals surface area (Å²) in [4.78, 5) is 84.8. The van der Waals surface area contributed by atoms with Crippen LogP contribution in [0.25, 0.3) is 0 Å². The fraction of sp³-hybridized carbons (Fsp3) is 0.308. The molecular weight excluding hydrogens is 708 g/mol. The summed E-state index contributed by atoms with van der Waals surface area (Å²) in [6.07, 6.45) is 1.30. The van der Waals surface area contributed by atoms with Gasteiger partial charge in [0.15, 0.2) is 22.3 Å². The molecular formula is C26H28N10O12S2. The average Bonchev–Trinajstić information content (AvgIpc) is 3.63. The standard InChI is InChI=1S/C26H28N10O12S2/c1-26(2,22(42)43)48-32-18(15-10-49-23(27)30-15)20(40)29-14-9-34(21(14)41)24(44)33-50(46,47)36-4-3-35(25(36)45)31-19(39)12-5-11-6-16(37)17(38)7-13(11)28-8-12/h6-8,10,14,28,37-38H,3-5,9H2,1-2H3,(H2,27,30)(H,29,40)(H,31,39)(H,33,44)(H,42,43). The number of phenolic OH excluding ortho intramolecular Hbond substituents is 2. The lowest BCUT2D eigenvalue weighted by Crippen LogP contribution is -2.68. The molecule has 1 unspecified atom stereocenters. The number of carboxylic acid groups (broad SMARTS) is 1. The SMILES string of the molecule is CC(C)(ON=C(C(=O)NC1CN(C(=O)NS(=O)(=O)N2CCN(NC(=O)C3=CNc4cc(O)c(O)cc4C3)C2=O)C1=O)c1csc(N)n1)C(=O)O. The number of hydrazine groups is 1. The monoisotopic (exact) mass is 736 g/mol. The number of β-lactam (4-membered cyclic amide) rings is 1. The number of nitrogens with one attached hydrogen (secondary N) is 4. The molecule has 0 radical (unpaired) electrons. The molecule has 3 aliphatic rings. The summed E-state index contributed by atoms with van der Waals surface area (Å²) in [7, 11) is -4.88. The van der Waals surface area contributed by atoms with Gasteiger partial charge in [0.25, 0.3) is 17.7 Å². The number of imide groups is 1. The molecule has 1 aromatic heterocycles. The molecule has 4 heterocycles. The van der Waals surface area contributed by atoms with E-state index in [4.69, 9.17) is 10.6 Å². The number of carbonyl (C=O) groups excluding carboxylic acids is 5. The molecule has 3 aliphatic heterocycles. The van der Waals surface area contributed by atoms with Crippen LogP contribution in [-0.2, 0) is 40.6 Å². The largest absolute Gasteiger partial charge is 0.504 e. The average molecular weight is 737 g/mol. The summed E-state index contributed by atoms with van der Waals surface area (Å²) < 4.78 is 27.7. The number of rotatable bonds is 10. The Balaban J connectivity index is 1.15. The molecule has 0 bridgehead atoms. The Morgan fingerprint density at radius 2 is 1.86 bits per heavy atom. The predicted molar refractivity (Wildman–Crippen MR) is 169 cm³/mol. The number of nitrogen functional groups attached to an aromatic ring is 1. The van der Waals surface area contributed by atoms with E-state index >= 15 is 0 Å². The van der Waals surface area contributed by atoms with Gasteiger partial charge in [-0.05, 0) is 25.5 Å². The van der Waals surface area contributed by atoms with E-state index in [9.17, 15) is 52.5 Å². The van der Waals surface area contributed by atoms with Gasteiger partial charge in [-0.15, -0.1) is 11.3 Å². The van der Waals surface area contributed by atoms with E-state index in [1.54, 1.807) is 4.72 Å². The van der Waals surface area contributed by atoms with Crippen LogP contribution in [0, 0.1) is 0 Å². The molecule has 0 saturated carbocycles. The summed E-state index contributed by atoms with van der Waals surface area (Å²) in [5.74, 6) is -5.04. The van der Waals surface area contributed by atoms with Crippen LogP contribution < -0.4 is 26.5 Å². The Bertz CT molecular complexity index is 1990. The van der Waals surface area contributed by atoms with Gasteiger partial charge in [0.1, 0.15) is 11.7 Å². The number of aromatic hydroxyl groups is 2. The molecule has 5 rings (SSSR count). The minimum Gasteiger partial charge on any atom is -0.504 e. The first kappa shape index (κ1) is 35.1. The molecule has 2 fully saturated rings. The number of anilines is 2. The smallest absolute Gasteiger partial charge is 0.353 e. The molecule has 266 valence electrons. The number of thiazole rings is 1. The zero-order valence-electron chi connectivity index (χ0n) is 25.9. The van der Waals surface area contributed by atoms with Gasteiger partial charge in [0.05, 0.1) is 19.6 Å². The molecule has 2 saturated heterocycles. The van der Waals surface area contributed by atoms with E-state index in [0.717, 1.165) is 11.3 Å². The molecule has 0 aliphatic carbocycles. The van der Waals surface area contributed by atoms with Crippen LogP contribution in [0.1, 0.15) is 25.1 Å². The van der Waals surface area contributed by atoms with Gasteiger partial charge < -0.3 is 36.5 Å². The Hall–Kier alpha value is -6.17. The summed E-state index contributed by atoms with van der Waals surface area (Å²) in [6.45, 7) is 1.05. The number of fused-ring (bicyclic) bond motifs is 1. The lowest BCUT2D eigenvalue weighted by Gasteiger charge is -2.36. The molecule has 0 spiro atoms. The minimum absolute atomic E-state index is 0.00227. The van der Waals surface area contributed by atoms with Gasteiger partial charge in [0.2, 0.25) is 5.60 Å². The van der Waals surface area contributed by atoms with Crippen molar-refractivity contribution in [3.63, 3.8) is 0 Å². The number of aromatic nitrogens is 1. The Morgan fingerprint density at radius 3 is 2.50 bits per heavy atom. The fourth-order valence-electron chi connectivity index (χ4n) is 4.47. The van der Waals surface area contributed by atoms with Crippen molar-refractivity contribution in [2.24, 2.45) is 5.16 Å². The molecule has 50 heavy (non-hydrogen) atoms. The number of likely N-dealkylation sites (tertiary alicyclic amines) is 1. The number of carbonyl (C=O) groups is 6. The van der Waals surface area contributed by atoms with Crippen LogP contribution >= 0.6 is 11.3 Å². The Labute approximate surface area is 285 Å². The number of aliphatic carboxylic acids is 1. The second-order valence-corrected chi connectivity index (χ2v) is 13.7. The van der Waals surface area contributed by atoms with Crippen molar-refractivity contribution in [3.8, 4) is 11.5 Å². The molecule has 9 N–H and O–H groups in total. The van der Waals surface area contributed by atoms with Crippen molar-refractivity contribution in [2.75, 3.05) is 30.7 Å². The highest BCUT2D eigenvalue weighted by Gasteiger charge is 2.46. The first-order chi connectivity index (χ1) is 23.4. The van der Waals surface area contributed by atoms with Crippen molar-refractivity contribution < 1.29 is 57.3 Å². The van der Waals surface area contributed by atoms with Crippen molar-refractivity contribution in [1.82, 2.24) is 34.7 Å². The second-order valence-electron chi connectivity index (χ2n) is 11.2. The number of benzene rings is 1. The van der Waals surface area contributed by atoms with Gasteiger partial charge in [0, 0.05) is 35.3 Å². The normalized spacial score (nSPS) is 17.6. The zero-order chi connectivity index (χ0) is 36.7. The van der Waals surface area contributed by atoms with Crippen LogP contribution in [0.4, 0.5) is 20.4 Å². The van der Waals surface area contributed by atoms with E-state index in [-0.39, 0.29) is 39.4 Å². The number of carboxylic acids is 1. The number of nitrogens with zero attached hydrogens (tertiary/aromatic N) is 5. The van der Waals surface area contributed by atoms with E-state index < -0.39 is 82.2 Å². The number of urea groups is 2. The van der Waals surface area contributed by atoms with Gasteiger partial charge in [-0.3, -0.25) is 24.7 Å². The number of phenols is 2. The maximum absolute atomic E-state index is 13.0. The molecule has 22 nitrogen and oxygen atoms in total. The molecule has 24 heteroatoms. The highest BCUT2D eigenvalue weighted by molar-refractivity contribution is 7.88. The van der Waals surface area contributed by atoms with Crippen LogP contribution in [0.3, 0.4) is 0 Å². The Kier molecular flexibility index (Phi) is 9.16. The van der Waals surface area contributed by atoms with Gasteiger partial charge in [-0.2, -0.15) is 8.42 Å². The van der Waals surface area contributed by atoms with Crippen molar-refractivity contribution in [3.05, 3.63) is 40.5 Å². The Morgan fingerprint density at radius 1 is 1.16 bits per heavy atom. The molecule has 7 amide bonds. The maximum atomic E-state index is 13.0. The summed E-state index contributed by atoms with van der Waals surface area (Å²) in [6, 6.07) is -1.48. The number of hydrogen-bond acceptors (Lipinski definition) is 16. The molecule has 2 aromatic rings. The van der Waals surface area contributed by atoms with E-state index in [2.05, 4.69) is 26.2 Å². The van der Waals surface area contributed by atoms with Crippen LogP contribution in [0.15, 0.2) is 34.4 Å². The quantitative estimate of drug-likeness (QED) is 0.0444. The highest BCUT2D eigenvalue weighted by Crippen LogP contribution is 2.34. The third-order valence-corrected chi connectivity index (χ3v) is 9.35. The van der Waals surface area contributed by atoms with E-state index in [0.29, 0.717) is 21.2 Å². The number of oxime groups is 1. The van der Waals surface area contributed by atoms with Gasteiger partial charge >= 0.3 is 28.2 Å². The van der Waals surface area contributed by atoms with Crippen molar-refractivity contribution in [2.45, 2.75) is 31.9 Å². The fourth-order valence-corrected chi connectivity index (χ4v) is 6.08. The second kappa shape index (κ2) is 13.0. The summed E-state index contributed by atoms with van der Waals surface area (Å²) in [5.41, 5.74) is 6.40. The number of amides is 7. The lowest BCUT2D eigenvalue weighted by molar-refractivity contribution is -0.161. The van der Waals surface area contributed by atoms with Crippen molar-refractivity contribution >= 4 is 73.8 Å². The lowest BCUT2D eigenvalue weighted by atomic mass is 10.00. The first-order valence-corrected chi connectivity index (χ1v) is 16.5. The predicted octanol–water partition coefficient (Wildman–Crippen LogP) is -1.68. The molecule has 1 aromatic carbocycles. The summed E-state index contributed by atoms with van der Waals surface area (Å²) in [5, 5.41) is 39.4. The van der Waals surface area contributed by atoms with Crippen LogP contribution in [0.2, 0.25) is 0 Å². The van der Waals surface area contributed by atoms with E-state index in [1.807, 2.05) is 0 Å². The summed E-state index contributed by atoms with van der Waals surface area (Å²) >= 11 is 0.935. The van der Waals surface area contributed by atoms with Crippen LogP contribution in [0.5, 0.6) is 11.5 Å². The minimum atomic E-state index is -4.88. The van der Waals surface area contributed by atoms with Gasteiger partial charge in [-0.25, -0.2) is 33.4 Å². The van der Waals surface area contributed by atoms with Gasteiger partial charge in [-0.1, -0.05) is 5.16 Å². The first-order valence-electron chi connectivity index (χ1n) is 14.2. The van der Waals surface area contributed by atoms with Crippen LogP contribution in [-0.4, -0.2) is 116 Å². The number of nitrogens with two attached hydrogens (primary N) is 1. The van der Waals surface area contributed by atoms with E-state index in [1.165, 1.54) is 37.6 Å². The zero-order valence-corrected chi connectivity index (χ0v) is 27.5. The maximum Gasteiger partial charge on any atom is 0.353 e. The number of hydrogen-bond donors (Lipinski definition) is 8. The molecule has 1 atom stereocenters. The third-order valence-electron chi connectivity index (χ3n) is 7.33. The van der Waals surface area contributed by atoms with Crippen molar-refractivity contribution in [1.29, 1.82) is 0 Å². The topological polar surface area (TPSA) is 316 Å². The third kappa shape index (κ3) is 7.00. The highest BCUT2D eigenvalue weighted by atomic mass is 32.2.